The second kappa shape index (κ2) is 12.3. The molecular weight excluding hydrogens is 637 g/mol. The number of carboxylic acid groups (broad SMARTS) is 1. The Kier molecular flexibility index (Phi) is 7.17. The molecule has 7 aromatic heterocycles. The maximum Gasteiger partial charge on any atom is 0.340 e. The zero-order chi connectivity index (χ0) is 34.3. The van der Waals surface area contributed by atoms with Crippen molar-refractivity contribution >= 4 is 52.3 Å². The van der Waals surface area contributed by atoms with Crippen LogP contribution in [0.3, 0.4) is 0 Å². The van der Waals surface area contributed by atoms with Crippen LogP contribution < -0.4 is 0 Å². The van der Waals surface area contributed by atoms with Crippen LogP contribution in [-0.4, -0.2) is 50.9 Å². The molecule has 9 rings (SSSR count). The second-order valence-corrected chi connectivity index (χ2v) is 11.9. The van der Waals surface area contributed by atoms with Crippen LogP contribution in [0.1, 0.15) is 33.1 Å². The first-order valence-corrected chi connectivity index (χ1v) is 16.2. The number of carboxylic acids is 1. The minimum atomic E-state index is -1.13. The molecule has 8 bridgehead atoms. The van der Waals surface area contributed by atoms with Crippen molar-refractivity contribution in [1.82, 2.24) is 39.9 Å². The number of rotatable bonds is 5. The van der Waals surface area contributed by atoms with Gasteiger partial charge >= 0.3 is 5.97 Å². The zero-order valence-corrected chi connectivity index (χ0v) is 26.8. The summed E-state index contributed by atoms with van der Waals surface area (Å²) in [5.74, 6) is -1.13. The Morgan fingerprint density at radius 2 is 0.941 bits per heavy atom. The summed E-state index contributed by atoms with van der Waals surface area (Å²) in [6.07, 6.45) is 14.4. The molecule has 10 heteroatoms. The first-order chi connectivity index (χ1) is 25.1. The number of fused-ring (bicyclic) bond motifs is 8. The predicted molar refractivity (Wildman–Crippen MR) is 199 cm³/mol. The van der Waals surface area contributed by atoms with Gasteiger partial charge in [0.2, 0.25) is 0 Å². The topological polar surface area (TPSA) is 146 Å². The number of nitrogens with zero attached hydrogens (tertiary/aromatic N) is 6. The van der Waals surface area contributed by atoms with Gasteiger partial charge in [-0.1, -0.05) is 24.3 Å². The number of hydrogen-bond acceptors (Lipinski definition) is 7. The Labute approximate surface area is 290 Å². The fourth-order valence-electron chi connectivity index (χ4n) is 6.57. The van der Waals surface area contributed by atoms with Gasteiger partial charge in [-0.25, -0.2) is 14.8 Å². The van der Waals surface area contributed by atoms with Gasteiger partial charge in [0, 0.05) is 41.5 Å². The molecule has 9 heterocycles. The molecule has 0 radical (unpaired) electrons. The first-order valence-electron chi connectivity index (χ1n) is 16.2. The highest BCUT2D eigenvalue weighted by Crippen LogP contribution is 2.38. The molecular formula is C41H26N8O2. The summed E-state index contributed by atoms with van der Waals surface area (Å²) in [5, 5.41) is 10.7. The van der Waals surface area contributed by atoms with Crippen molar-refractivity contribution in [2.45, 2.75) is 0 Å². The van der Waals surface area contributed by atoms with Crippen LogP contribution >= 0.6 is 0 Å². The highest BCUT2D eigenvalue weighted by Gasteiger charge is 2.23. The van der Waals surface area contributed by atoms with E-state index in [2.05, 4.69) is 19.9 Å². The van der Waals surface area contributed by atoms with Crippen molar-refractivity contribution in [3.8, 4) is 45.0 Å². The number of aromatic amines is 2. The van der Waals surface area contributed by atoms with E-state index in [4.69, 9.17) is 19.9 Å². The van der Waals surface area contributed by atoms with E-state index in [-0.39, 0.29) is 5.56 Å². The van der Waals surface area contributed by atoms with E-state index in [1.54, 1.807) is 30.9 Å². The SMILES string of the molecule is O=C(O)c1c2nc(c(-c3ccccn3)c3ccc([nH]3)c(-c3ccccn3)c3nc(c(-c4ccccn4)c4[nH]c1cc4-c1ccccn1)C=C3)C=C2. The first kappa shape index (κ1) is 29.8. The molecule has 0 spiro atoms. The molecule has 2 aliphatic heterocycles. The average Bonchev–Trinajstić information content (AvgIpc) is 4.00. The number of nitrogens with one attached hydrogen (secondary N) is 2. The minimum Gasteiger partial charge on any atom is -0.478 e. The molecule has 242 valence electrons. The lowest BCUT2D eigenvalue weighted by atomic mass is 10.0. The van der Waals surface area contributed by atoms with Crippen molar-refractivity contribution in [2.24, 2.45) is 0 Å². The van der Waals surface area contributed by atoms with E-state index in [9.17, 15) is 9.90 Å². The lowest BCUT2D eigenvalue weighted by Crippen LogP contribution is -2.00. The average molecular weight is 663 g/mol. The van der Waals surface area contributed by atoms with Crippen LogP contribution in [0.4, 0.5) is 0 Å². The van der Waals surface area contributed by atoms with Crippen molar-refractivity contribution in [1.29, 1.82) is 0 Å². The number of H-pyrrole nitrogens is 2. The molecule has 0 atom stereocenters. The second-order valence-electron chi connectivity index (χ2n) is 11.9. The monoisotopic (exact) mass is 662 g/mol. The van der Waals surface area contributed by atoms with E-state index in [0.717, 1.165) is 22.3 Å². The molecule has 51 heavy (non-hydrogen) atoms. The van der Waals surface area contributed by atoms with E-state index in [0.29, 0.717) is 67.6 Å². The molecule has 0 saturated heterocycles. The van der Waals surface area contributed by atoms with Crippen molar-refractivity contribution < 1.29 is 9.90 Å². The molecule has 10 nitrogen and oxygen atoms in total. The van der Waals surface area contributed by atoms with Crippen LogP contribution in [0.25, 0.3) is 91.4 Å². The van der Waals surface area contributed by atoms with Gasteiger partial charge in [-0.2, -0.15) is 0 Å². The van der Waals surface area contributed by atoms with Crippen molar-refractivity contribution in [3.05, 3.63) is 144 Å². The van der Waals surface area contributed by atoms with E-state index >= 15 is 0 Å². The molecule has 0 saturated carbocycles. The maximum absolute atomic E-state index is 13.1. The summed E-state index contributed by atoms with van der Waals surface area (Å²) < 4.78 is 0. The molecule has 0 aromatic carbocycles. The fourth-order valence-corrected chi connectivity index (χ4v) is 6.57. The third-order valence-corrected chi connectivity index (χ3v) is 8.78. The van der Waals surface area contributed by atoms with Crippen molar-refractivity contribution in [3.63, 3.8) is 0 Å². The Bertz CT molecular complexity index is 2700. The predicted octanol–water partition coefficient (Wildman–Crippen LogP) is 8.60. The van der Waals surface area contributed by atoms with E-state index < -0.39 is 5.97 Å². The van der Waals surface area contributed by atoms with Crippen LogP contribution in [0, 0.1) is 0 Å². The third kappa shape index (κ3) is 5.28. The standard InChI is InChI=1S/C41H26N8O2/c50-41(51)39-34-18-16-32(48-34)37(27-11-3-7-21-44-27)30-14-13-29(46-30)36(26-10-2-6-20-43-26)31-15-17-33(47-31)38(28-12-4-8-22-45-28)40-24(23-35(39)49-40)25-9-1-5-19-42-25/h1-23,46,49H,(H,50,51). The van der Waals surface area contributed by atoms with Crippen LogP contribution in [0.15, 0.2) is 116 Å². The lowest BCUT2D eigenvalue weighted by molar-refractivity contribution is 0.0698. The summed E-state index contributed by atoms with van der Waals surface area (Å²) in [5.41, 5.74) is 10.3. The molecule has 0 fully saturated rings. The quantitative estimate of drug-likeness (QED) is 0.166. The van der Waals surface area contributed by atoms with E-state index in [1.165, 1.54) is 0 Å². The smallest absolute Gasteiger partial charge is 0.340 e. The minimum absolute atomic E-state index is 0.00613. The van der Waals surface area contributed by atoms with Gasteiger partial charge in [-0.05, 0) is 91.0 Å². The normalized spacial score (nSPS) is 11.9. The Balaban J connectivity index is 1.53. The molecule has 3 N–H and O–H groups in total. The van der Waals surface area contributed by atoms with Gasteiger partial charge in [-0.15, -0.1) is 0 Å². The van der Waals surface area contributed by atoms with Gasteiger partial charge in [0.05, 0.1) is 73.2 Å². The van der Waals surface area contributed by atoms with Crippen LogP contribution in [-0.2, 0) is 0 Å². The largest absolute Gasteiger partial charge is 0.478 e. The number of hydrogen-bond donors (Lipinski definition) is 3. The lowest BCUT2D eigenvalue weighted by Gasteiger charge is -2.06. The van der Waals surface area contributed by atoms with Crippen LogP contribution in [0.2, 0.25) is 0 Å². The molecule has 0 aliphatic carbocycles. The molecule has 7 aromatic rings. The van der Waals surface area contributed by atoms with Gasteiger partial charge < -0.3 is 15.1 Å². The Morgan fingerprint density at radius 1 is 0.490 bits per heavy atom. The van der Waals surface area contributed by atoms with Crippen LogP contribution in [0.5, 0.6) is 0 Å². The number of aromatic nitrogens is 8. The number of carbonyl (C=O) groups is 1. The summed E-state index contributed by atoms with van der Waals surface area (Å²) in [6.45, 7) is 0. The Hall–Kier alpha value is -7.33. The zero-order valence-electron chi connectivity index (χ0n) is 26.8. The number of pyridine rings is 4. The van der Waals surface area contributed by atoms with Gasteiger partial charge in [0.1, 0.15) is 5.56 Å². The highest BCUT2D eigenvalue weighted by atomic mass is 16.4. The summed E-state index contributed by atoms with van der Waals surface area (Å²) in [7, 11) is 0. The molecule has 0 unspecified atom stereocenters. The Morgan fingerprint density at radius 3 is 1.43 bits per heavy atom. The maximum atomic E-state index is 13.1. The van der Waals surface area contributed by atoms with E-state index in [1.807, 2.05) is 109 Å². The summed E-state index contributed by atoms with van der Waals surface area (Å²) in [6, 6.07) is 28.5. The highest BCUT2D eigenvalue weighted by molar-refractivity contribution is 6.06. The van der Waals surface area contributed by atoms with Gasteiger partial charge in [0.25, 0.3) is 0 Å². The molecule has 2 aliphatic rings. The third-order valence-electron chi connectivity index (χ3n) is 8.78. The molecule has 0 amide bonds. The fraction of sp³-hybridized carbons (Fsp3) is 0. The van der Waals surface area contributed by atoms with Gasteiger partial charge in [-0.3, -0.25) is 19.9 Å². The summed E-state index contributed by atoms with van der Waals surface area (Å²) >= 11 is 0. The number of aromatic carboxylic acids is 1. The summed E-state index contributed by atoms with van der Waals surface area (Å²) in [4.78, 5) is 49.2. The van der Waals surface area contributed by atoms with Crippen molar-refractivity contribution in [2.75, 3.05) is 0 Å². The van der Waals surface area contributed by atoms with Gasteiger partial charge in [0.15, 0.2) is 0 Å².